The van der Waals surface area contributed by atoms with Crippen LogP contribution in [0.2, 0.25) is 0 Å². The second-order valence-corrected chi connectivity index (χ2v) is 5.92. The molecule has 0 aliphatic rings. The van der Waals surface area contributed by atoms with Gasteiger partial charge in [-0.15, -0.1) is 0 Å². The number of rotatable bonds is 7. The first kappa shape index (κ1) is 17.6. The van der Waals surface area contributed by atoms with Gasteiger partial charge in [-0.25, -0.2) is 4.98 Å². The Morgan fingerprint density at radius 2 is 1.92 bits per heavy atom. The van der Waals surface area contributed by atoms with Crippen LogP contribution in [0.5, 0.6) is 5.88 Å². The van der Waals surface area contributed by atoms with Gasteiger partial charge in [-0.3, -0.25) is 9.78 Å². The number of hydrogen-bond acceptors (Lipinski definition) is 4. The molecule has 0 radical (unpaired) electrons. The van der Waals surface area contributed by atoms with E-state index in [0.717, 1.165) is 17.5 Å². The Bertz CT molecular complexity index is 821. The summed E-state index contributed by atoms with van der Waals surface area (Å²) >= 11 is 0. The molecule has 0 aliphatic heterocycles. The maximum atomic E-state index is 12.2. The maximum absolute atomic E-state index is 12.2. The summed E-state index contributed by atoms with van der Waals surface area (Å²) in [6.45, 7) is 2.52. The summed E-state index contributed by atoms with van der Waals surface area (Å²) in [7, 11) is 0. The van der Waals surface area contributed by atoms with E-state index in [2.05, 4.69) is 15.3 Å². The van der Waals surface area contributed by atoms with E-state index in [0.29, 0.717) is 18.0 Å². The number of hydrogen-bond donors (Lipinski definition) is 1. The van der Waals surface area contributed by atoms with Crippen LogP contribution in [0.4, 0.5) is 0 Å². The van der Waals surface area contributed by atoms with E-state index in [-0.39, 0.29) is 12.0 Å². The highest BCUT2D eigenvalue weighted by molar-refractivity contribution is 5.93. The minimum absolute atomic E-state index is 0.108. The fourth-order valence-corrected chi connectivity index (χ4v) is 2.53. The number of nitrogens with zero attached hydrogens (tertiary/aromatic N) is 2. The predicted molar refractivity (Wildman–Crippen MR) is 100.0 cm³/mol. The molecule has 2 heterocycles. The second-order valence-electron chi connectivity index (χ2n) is 5.92. The van der Waals surface area contributed by atoms with Crippen molar-refractivity contribution in [2.24, 2.45) is 0 Å². The molecule has 1 N–H and O–H groups in total. The summed E-state index contributed by atoms with van der Waals surface area (Å²) in [6.07, 6.45) is 5.70. The van der Waals surface area contributed by atoms with Gasteiger partial charge in [0, 0.05) is 31.2 Å². The van der Waals surface area contributed by atoms with Crippen molar-refractivity contribution in [3.8, 4) is 5.88 Å². The Morgan fingerprint density at radius 3 is 2.62 bits per heavy atom. The largest absolute Gasteiger partial charge is 0.470 e. The number of carbonyl (C=O) groups excluding carboxylic acids is 1. The molecule has 0 aliphatic carbocycles. The highest BCUT2D eigenvalue weighted by Crippen LogP contribution is 2.19. The van der Waals surface area contributed by atoms with Crippen LogP contribution in [0.3, 0.4) is 0 Å². The number of ether oxygens (including phenoxy) is 1. The van der Waals surface area contributed by atoms with Gasteiger partial charge in [-0.05, 0) is 36.6 Å². The van der Waals surface area contributed by atoms with E-state index in [1.165, 1.54) is 6.20 Å². The lowest BCUT2D eigenvalue weighted by atomic mass is 10.1. The highest BCUT2D eigenvalue weighted by atomic mass is 16.5. The normalized spacial score (nSPS) is 11.6. The van der Waals surface area contributed by atoms with Crippen molar-refractivity contribution in [2.45, 2.75) is 19.4 Å². The zero-order valence-corrected chi connectivity index (χ0v) is 14.6. The quantitative estimate of drug-likeness (QED) is 0.709. The lowest BCUT2D eigenvalue weighted by Gasteiger charge is -2.14. The highest BCUT2D eigenvalue weighted by Gasteiger charge is 2.09. The lowest BCUT2D eigenvalue weighted by molar-refractivity contribution is 0.0953. The number of nitrogens with one attached hydrogen (secondary N) is 1. The summed E-state index contributed by atoms with van der Waals surface area (Å²) in [5.41, 5.74) is 2.67. The zero-order valence-electron chi connectivity index (χ0n) is 14.6. The molecule has 1 aromatic carbocycles. The Hall–Kier alpha value is -3.21. The summed E-state index contributed by atoms with van der Waals surface area (Å²) in [4.78, 5) is 20.5. The molecule has 1 amide bonds. The zero-order chi connectivity index (χ0) is 18.2. The SMILES string of the molecule is CC(Oc1ccc(C(=O)NCCc2cccnc2)cn1)c1ccccc1. The second kappa shape index (κ2) is 8.76. The Balaban J connectivity index is 1.51. The number of amides is 1. The standard InChI is InChI=1S/C21H21N3O2/c1-16(18-7-3-2-4-8-18)26-20-10-9-19(15-24-20)21(25)23-13-11-17-6-5-12-22-14-17/h2-10,12,14-16H,11,13H2,1H3,(H,23,25). The van der Waals surface area contributed by atoms with Crippen LogP contribution in [-0.4, -0.2) is 22.4 Å². The Labute approximate surface area is 153 Å². The van der Waals surface area contributed by atoms with E-state index < -0.39 is 0 Å². The smallest absolute Gasteiger partial charge is 0.252 e. The molecule has 5 heteroatoms. The molecular formula is C21H21N3O2. The molecule has 3 aromatic rings. The Kier molecular flexibility index (Phi) is 5.93. The van der Waals surface area contributed by atoms with E-state index in [1.54, 1.807) is 24.5 Å². The van der Waals surface area contributed by atoms with E-state index in [4.69, 9.17) is 4.74 Å². The number of pyridine rings is 2. The Morgan fingerprint density at radius 1 is 1.08 bits per heavy atom. The first-order chi connectivity index (χ1) is 12.7. The molecule has 1 atom stereocenters. The van der Waals surface area contributed by atoms with Crippen LogP contribution in [0, 0.1) is 0 Å². The first-order valence-corrected chi connectivity index (χ1v) is 8.57. The van der Waals surface area contributed by atoms with Crippen molar-refractivity contribution < 1.29 is 9.53 Å². The average molecular weight is 347 g/mol. The molecule has 26 heavy (non-hydrogen) atoms. The van der Waals surface area contributed by atoms with Crippen LogP contribution < -0.4 is 10.1 Å². The van der Waals surface area contributed by atoms with Gasteiger partial charge in [-0.1, -0.05) is 36.4 Å². The average Bonchev–Trinajstić information content (AvgIpc) is 2.70. The van der Waals surface area contributed by atoms with Crippen molar-refractivity contribution in [1.82, 2.24) is 15.3 Å². The monoisotopic (exact) mass is 347 g/mol. The van der Waals surface area contributed by atoms with Crippen LogP contribution >= 0.6 is 0 Å². The molecule has 132 valence electrons. The maximum Gasteiger partial charge on any atom is 0.252 e. The van der Waals surface area contributed by atoms with Crippen LogP contribution in [0.1, 0.15) is 34.5 Å². The van der Waals surface area contributed by atoms with E-state index >= 15 is 0 Å². The lowest BCUT2D eigenvalue weighted by Crippen LogP contribution is -2.25. The molecular weight excluding hydrogens is 326 g/mol. The topological polar surface area (TPSA) is 64.1 Å². The summed E-state index contributed by atoms with van der Waals surface area (Å²) < 4.78 is 5.82. The number of benzene rings is 1. The van der Waals surface area contributed by atoms with Gasteiger partial charge in [-0.2, -0.15) is 0 Å². The predicted octanol–water partition coefficient (Wildman–Crippen LogP) is 3.59. The van der Waals surface area contributed by atoms with Gasteiger partial charge < -0.3 is 10.1 Å². The van der Waals surface area contributed by atoms with Crippen molar-refractivity contribution in [2.75, 3.05) is 6.54 Å². The molecule has 1 unspecified atom stereocenters. The van der Waals surface area contributed by atoms with Gasteiger partial charge in [0.2, 0.25) is 5.88 Å². The molecule has 5 nitrogen and oxygen atoms in total. The summed E-state index contributed by atoms with van der Waals surface area (Å²) in [5.74, 6) is 0.345. The van der Waals surface area contributed by atoms with Crippen molar-refractivity contribution in [3.05, 3.63) is 89.9 Å². The summed E-state index contributed by atoms with van der Waals surface area (Å²) in [5, 5.41) is 2.89. The summed E-state index contributed by atoms with van der Waals surface area (Å²) in [6, 6.07) is 17.2. The van der Waals surface area contributed by atoms with E-state index in [1.807, 2.05) is 49.4 Å². The van der Waals surface area contributed by atoms with Gasteiger partial charge in [0.15, 0.2) is 0 Å². The molecule has 0 bridgehead atoms. The van der Waals surface area contributed by atoms with Crippen molar-refractivity contribution in [3.63, 3.8) is 0 Å². The third kappa shape index (κ3) is 4.89. The van der Waals surface area contributed by atoms with Crippen LogP contribution in [0.25, 0.3) is 0 Å². The van der Waals surface area contributed by atoms with Gasteiger partial charge in [0.1, 0.15) is 6.10 Å². The van der Waals surface area contributed by atoms with Crippen LogP contribution in [-0.2, 0) is 6.42 Å². The molecule has 0 saturated carbocycles. The minimum Gasteiger partial charge on any atom is -0.470 e. The molecule has 3 rings (SSSR count). The molecule has 0 saturated heterocycles. The fraction of sp³-hybridized carbons (Fsp3) is 0.190. The van der Waals surface area contributed by atoms with E-state index in [9.17, 15) is 4.79 Å². The van der Waals surface area contributed by atoms with Gasteiger partial charge in [0.25, 0.3) is 5.91 Å². The van der Waals surface area contributed by atoms with Crippen molar-refractivity contribution >= 4 is 5.91 Å². The third-order valence-corrected chi connectivity index (χ3v) is 3.99. The van der Waals surface area contributed by atoms with Gasteiger partial charge in [0.05, 0.1) is 5.56 Å². The molecule has 0 fully saturated rings. The number of carbonyl (C=O) groups is 1. The minimum atomic E-state index is -0.149. The molecule has 0 spiro atoms. The fourth-order valence-electron chi connectivity index (χ4n) is 2.53. The van der Waals surface area contributed by atoms with Crippen molar-refractivity contribution in [1.29, 1.82) is 0 Å². The molecule has 2 aromatic heterocycles. The van der Waals surface area contributed by atoms with Crippen LogP contribution in [0.15, 0.2) is 73.2 Å². The van der Waals surface area contributed by atoms with Gasteiger partial charge >= 0.3 is 0 Å². The first-order valence-electron chi connectivity index (χ1n) is 8.57. The number of aromatic nitrogens is 2. The third-order valence-electron chi connectivity index (χ3n) is 3.99.